The number of halogens is 3. The molecule has 1 aliphatic heterocycles. The lowest BCUT2D eigenvalue weighted by molar-refractivity contribution is -0.136. The fraction of sp³-hybridized carbons (Fsp3) is 0.118. The molecule has 0 radical (unpaired) electrons. The maximum atomic E-state index is 13.3. The highest BCUT2D eigenvalue weighted by Gasteiger charge is 2.33. The normalized spacial score (nSPS) is 13.7. The van der Waals surface area contributed by atoms with E-state index in [-0.39, 0.29) is 18.0 Å². The first-order valence-corrected chi connectivity index (χ1v) is 9.28. The Morgan fingerprint density at radius 1 is 1.00 bits per heavy atom. The van der Waals surface area contributed by atoms with E-state index in [1.807, 2.05) is 0 Å². The highest BCUT2D eigenvalue weighted by molar-refractivity contribution is 7.92. The van der Waals surface area contributed by atoms with E-state index in [4.69, 9.17) is 9.47 Å². The van der Waals surface area contributed by atoms with Gasteiger partial charge in [0.2, 0.25) is 12.4 Å². The molecule has 4 rings (SSSR count). The van der Waals surface area contributed by atoms with Gasteiger partial charge in [0.05, 0.1) is 16.1 Å². The number of aromatic nitrogens is 1. The van der Waals surface area contributed by atoms with Crippen molar-refractivity contribution < 1.29 is 31.1 Å². The van der Waals surface area contributed by atoms with Gasteiger partial charge < -0.3 is 14.5 Å². The number of benzene rings is 2. The van der Waals surface area contributed by atoms with E-state index in [0.717, 1.165) is 18.2 Å². The molecule has 28 heavy (non-hydrogen) atoms. The summed E-state index contributed by atoms with van der Waals surface area (Å²) in [7, 11) is -4.20. The maximum absolute atomic E-state index is 13.3. The summed E-state index contributed by atoms with van der Waals surface area (Å²) in [5.74, 6) is 0.795. The molecule has 1 aromatic heterocycles. The quantitative estimate of drug-likeness (QED) is 0.689. The van der Waals surface area contributed by atoms with Crippen molar-refractivity contribution in [1.82, 2.24) is 4.98 Å². The number of hydrogen-bond donors (Lipinski definition) is 2. The number of sulfonamides is 1. The molecular formula is C17H11F3N2O5S. The Balaban J connectivity index is 1.77. The van der Waals surface area contributed by atoms with Crippen LogP contribution in [0.3, 0.4) is 0 Å². The number of aromatic amines is 1. The Morgan fingerprint density at radius 2 is 1.75 bits per heavy atom. The van der Waals surface area contributed by atoms with Crippen molar-refractivity contribution >= 4 is 26.6 Å². The number of alkyl halides is 3. The summed E-state index contributed by atoms with van der Waals surface area (Å²) in [6.45, 7) is 0.00856. The molecule has 2 heterocycles. The lowest BCUT2D eigenvalue weighted by Crippen LogP contribution is -2.16. The second kappa shape index (κ2) is 6.16. The molecule has 0 fully saturated rings. The minimum atomic E-state index is -4.82. The van der Waals surface area contributed by atoms with Crippen LogP contribution in [0.2, 0.25) is 0 Å². The van der Waals surface area contributed by atoms with Crippen molar-refractivity contribution in [3.05, 3.63) is 58.4 Å². The van der Waals surface area contributed by atoms with E-state index in [2.05, 4.69) is 9.71 Å². The smallest absolute Gasteiger partial charge is 0.417 e. The van der Waals surface area contributed by atoms with E-state index in [0.29, 0.717) is 17.6 Å². The number of hydrogen-bond acceptors (Lipinski definition) is 5. The molecule has 0 saturated carbocycles. The molecule has 0 saturated heterocycles. The molecule has 0 aliphatic carbocycles. The van der Waals surface area contributed by atoms with Crippen LogP contribution in [-0.2, 0) is 16.2 Å². The predicted molar refractivity (Wildman–Crippen MR) is 92.9 cm³/mol. The molecule has 0 amide bonds. The van der Waals surface area contributed by atoms with Crippen molar-refractivity contribution in [3.8, 4) is 11.5 Å². The van der Waals surface area contributed by atoms with Crippen LogP contribution >= 0.6 is 0 Å². The molecule has 0 bridgehead atoms. The molecule has 0 unspecified atom stereocenters. The summed E-state index contributed by atoms with van der Waals surface area (Å²) < 4.78 is 77.6. The molecule has 0 atom stereocenters. The monoisotopic (exact) mass is 412 g/mol. The van der Waals surface area contributed by atoms with Crippen molar-refractivity contribution in [2.75, 3.05) is 11.5 Å². The largest absolute Gasteiger partial charge is 0.454 e. The fourth-order valence-corrected chi connectivity index (χ4v) is 3.88. The van der Waals surface area contributed by atoms with Gasteiger partial charge in [-0.3, -0.25) is 9.52 Å². The maximum Gasteiger partial charge on any atom is 0.417 e. The number of fused-ring (bicyclic) bond motifs is 2. The Morgan fingerprint density at radius 3 is 2.50 bits per heavy atom. The molecule has 7 nitrogen and oxygen atoms in total. The first kappa shape index (κ1) is 18.2. The Labute approximate surface area is 155 Å². The predicted octanol–water partition coefficient (Wildman–Crippen LogP) is 3.08. The summed E-state index contributed by atoms with van der Waals surface area (Å²) in [6.07, 6.45) is -4.82. The van der Waals surface area contributed by atoms with Gasteiger partial charge in [0, 0.05) is 23.0 Å². The zero-order chi connectivity index (χ0) is 20.1. The van der Waals surface area contributed by atoms with Crippen LogP contribution in [0.4, 0.5) is 18.9 Å². The van der Waals surface area contributed by atoms with Crippen LogP contribution in [-0.4, -0.2) is 20.2 Å². The lowest BCUT2D eigenvalue weighted by atomic mass is 10.1. The molecule has 146 valence electrons. The number of anilines is 1. The summed E-state index contributed by atoms with van der Waals surface area (Å²) in [4.78, 5) is 13.3. The van der Waals surface area contributed by atoms with Crippen LogP contribution < -0.4 is 19.8 Å². The second-order valence-electron chi connectivity index (χ2n) is 5.93. The number of nitrogens with one attached hydrogen (secondary N) is 2. The minimum Gasteiger partial charge on any atom is -0.454 e. The lowest BCUT2D eigenvalue weighted by Gasteiger charge is -2.12. The second-order valence-corrected chi connectivity index (χ2v) is 7.61. The zero-order valence-electron chi connectivity index (χ0n) is 13.8. The van der Waals surface area contributed by atoms with E-state index < -0.39 is 37.6 Å². The van der Waals surface area contributed by atoms with E-state index in [9.17, 15) is 26.4 Å². The summed E-state index contributed by atoms with van der Waals surface area (Å²) in [5.41, 5.74) is -2.12. The van der Waals surface area contributed by atoms with E-state index in [1.54, 1.807) is 0 Å². The Hall–Kier alpha value is -3.21. The third-order valence-corrected chi connectivity index (χ3v) is 5.43. The van der Waals surface area contributed by atoms with Gasteiger partial charge in [-0.1, -0.05) is 0 Å². The molecule has 2 aromatic carbocycles. The van der Waals surface area contributed by atoms with Crippen LogP contribution in [0.15, 0.2) is 52.2 Å². The van der Waals surface area contributed by atoms with Gasteiger partial charge in [0.1, 0.15) is 0 Å². The highest BCUT2D eigenvalue weighted by atomic mass is 32.2. The first-order valence-electron chi connectivity index (χ1n) is 7.80. The average Bonchev–Trinajstić information content (AvgIpc) is 3.07. The van der Waals surface area contributed by atoms with Gasteiger partial charge >= 0.3 is 6.18 Å². The van der Waals surface area contributed by atoms with E-state index in [1.165, 1.54) is 18.2 Å². The van der Waals surface area contributed by atoms with Gasteiger partial charge in [0.15, 0.2) is 11.5 Å². The van der Waals surface area contributed by atoms with Gasteiger partial charge in [0.25, 0.3) is 10.0 Å². The fourth-order valence-electron chi connectivity index (χ4n) is 2.81. The first-order chi connectivity index (χ1) is 13.1. The van der Waals surface area contributed by atoms with Gasteiger partial charge in [-0.05, 0) is 30.3 Å². The van der Waals surface area contributed by atoms with Crippen LogP contribution in [0.25, 0.3) is 10.9 Å². The SMILES string of the molecule is O=c1cc(C(F)(F)F)c2cc(S(=O)(=O)Nc3ccc4c(c3)OCO4)ccc2[nH]1. The van der Waals surface area contributed by atoms with E-state index >= 15 is 0 Å². The third-order valence-electron chi connectivity index (χ3n) is 4.05. The molecule has 3 aromatic rings. The number of pyridine rings is 1. The molecule has 2 N–H and O–H groups in total. The summed E-state index contributed by atoms with van der Waals surface area (Å²) >= 11 is 0. The summed E-state index contributed by atoms with van der Waals surface area (Å²) in [5, 5.41) is -0.430. The number of ether oxygens (including phenoxy) is 2. The van der Waals surface area contributed by atoms with Gasteiger partial charge in [-0.15, -0.1) is 0 Å². The number of H-pyrrole nitrogens is 1. The van der Waals surface area contributed by atoms with Crippen LogP contribution in [0.5, 0.6) is 11.5 Å². The molecule has 11 heteroatoms. The molecule has 0 spiro atoms. The average molecular weight is 412 g/mol. The highest BCUT2D eigenvalue weighted by Crippen LogP contribution is 2.36. The molecular weight excluding hydrogens is 401 g/mol. The van der Waals surface area contributed by atoms with Gasteiger partial charge in [-0.2, -0.15) is 13.2 Å². The Kier molecular flexibility index (Phi) is 4.00. The van der Waals surface area contributed by atoms with Crippen LogP contribution in [0, 0.1) is 0 Å². The zero-order valence-corrected chi connectivity index (χ0v) is 14.6. The Bertz CT molecular complexity index is 1250. The standard InChI is InChI=1S/C17H11F3N2O5S/c18-17(19,20)12-7-16(23)21-13-3-2-10(6-11(12)13)28(24,25)22-9-1-4-14-15(5-9)27-8-26-14/h1-7,22H,8H2,(H,21,23). The topological polar surface area (TPSA) is 97.5 Å². The van der Waals surface area contributed by atoms with Gasteiger partial charge in [-0.25, -0.2) is 8.42 Å². The minimum absolute atomic E-state index is 0.00856. The van der Waals surface area contributed by atoms with Crippen molar-refractivity contribution in [2.45, 2.75) is 11.1 Å². The third kappa shape index (κ3) is 3.24. The van der Waals surface area contributed by atoms with Crippen molar-refractivity contribution in [3.63, 3.8) is 0 Å². The number of rotatable bonds is 3. The summed E-state index contributed by atoms with van der Waals surface area (Å²) in [6, 6.07) is 7.82. The van der Waals surface area contributed by atoms with Crippen molar-refractivity contribution in [2.24, 2.45) is 0 Å². The van der Waals surface area contributed by atoms with Crippen LogP contribution in [0.1, 0.15) is 5.56 Å². The van der Waals surface area contributed by atoms with Crippen molar-refractivity contribution in [1.29, 1.82) is 0 Å². The molecule has 1 aliphatic rings.